The van der Waals surface area contributed by atoms with Crippen LogP contribution in [-0.4, -0.2) is 15.0 Å². The van der Waals surface area contributed by atoms with Crippen LogP contribution in [-0.2, 0) is 0 Å². The lowest BCUT2D eigenvalue weighted by Crippen LogP contribution is -1.99. The van der Waals surface area contributed by atoms with Crippen molar-refractivity contribution < 1.29 is 0 Å². The quantitative estimate of drug-likeness (QED) is 0.789. The largest absolute Gasteiger partial charge is 0.323 e. The van der Waals surface area contributed by atoms with Crippen LogP contribution in [0.15, 0.2) is 36.8 Å². The molecule has 0 bridgehead atoms. The van der Waals surface area contributed by atoms with E-state index in [9.17, 15) is 0 Å². The Labute approximate surface area is 86.5 Å². The molecule has 2 aromatic rings. The first-order valence-electron chi connectivity index (χ1n) is 4.29. The summed E-state index contributed by atoms with van der Waals surface area (Å²) in [6.45, 7) is 0. The molecule has 0 unspecified atom stereocenters. The van der Waals surface area contributed by atoms with Crippen molar-refractivity contribution in [3.8, 4) is 6.07 Å². The summed E-state index contributed by atoms with van der Waals surface area (Å²) >= 11 is 0. The van der Waals surface area contributed by atoms with Crippen LogP contribution in [0.2, 0.25) is 0 Å². The van der Waals surface area contributed by atoms with Crippen LogP contribution in [0.3, 0.4) is 0 Å². The third-order valence-electron chi connectivity index (χ3n) is 1.72. The van der Waals surface area contributed by atoms with E-state index < -0.39 is 0 Å². The zero-order chi connectivity index (χ0) is 10.5. The van der Waals surface area contributed by atoms with E-state index in [1.54, 1.807) is 12.3 Å². The van der Waals surface area contributed by atoms with E-state index in [1.165, 1.54) is 12.4 Å². The molecule has 0 aliphatic heterocycles. The second-order valence-electron chi connectivity index (χ2n) is 2.71. The van der Waals surface area contributed by atoms with Crippen molar-refractivity contribution in [3.63, 3.8) is 0 Å². The summed E-state index contributed by atoms with van der Waals surface area (Å²) in [5.41, 5.74) is 0.253. The third-order valence-corrected chi connectivity index (χ3v) is 1.72. The Balaban J connectivity index is 2.29. The van der Waals surface area contributed by atoms with Gasteiger partial charge in [-0.2, -0.15) is 5.26 Å². The lowest BCUT2D eigenvalue weighted by atomic mass is 10.4. The Hall–Kier alpha value is -2.48. The van der Waals surface area contributed by atoms with Gasteiger partial charge in [0, 0.05) is 18.6 Å². The Kier molecular flexibility index (Phi) is 2.52. The summed E-state index contributed by atoms with van der Waals surface area (Å²) in [6, 6.07) is 7.40. The van der Waals surface area contributed by atoms with Gasteiger partial charge < -0.3 is 5.32 Å². The summed E-state index contributed by atoms with van der Waals surface area (Å²) in [6.07, 6.45) is 4.65. The smallest absolute Gasteiger partial charge is 0.183 e. The molecule has 0 saturated heterocycles. The number of pyridine rings is 1. The fourth-order valence-electron chi connectivity index (χ4n) is 1.07. The highest BCUT2D eigenvalue weighted by Gasteiger charge is 2.03. The molecule has 72 valence electrons. The standard InChI is InChI=1S/C10H7N5/c11-7-8-10(14-6-5-12-8)15-9-3-1-2-4-13-9/h1-6H,(H,13,14,15). The molecule has 0 aromatic carbocycles. The zero-order valence-corrected chi connectivity index (χ0v) is 7.75. The van der Waals surface area contributed by atoms with Gasteiger partial charge in [0.1, 0.15) is 11.9 Å². The monoisotopic (exact) mass is 197 g/mol. The van der Waals surface area contributed by atoms with E-state index in [2.05, 4.69) is 20.3 Å². The highest BCUT2D eigenvalue weighted by Crippen LogP contribution is 2.12. The van der Waals surface area contributed by atoms with Crippen molar-refractivity contribution in [3.05, 3.63) is 42.5 Å². The minimum absolute atomic E-state index is 0.253. The molecule has 2 heterocycles. The Morgan fingerprint density at radius 3 is 2.67 bits per heavy atom. The van der Waals surface area contributed by atoms with Crippen molar-refractivity contribution in [2.24, 2.45) is 0 Å². The van der Waals surface area contributed by atoms with Crippen molar-refractivity contribution in [1.82, 2.24) is 15.0 Å². The van der Waals surface area contributed by atoms with Gasteiger partial charge in [-0.1, -0.05) is 6.07 Å². The van der Waals surface area contributed by atoms with Gasteiger partial charge >= 0.3 is 0 Å². The highest BCUT2D eigenvalue weighted by atomic mass is 15.1. The molecule has 0 aliphatic carbocycles. The van der Waals surface area contributed by atoms with Gasteiger partial charge in [0.2, 0.25) is 0 Å². The minimum atomic E-state index is 0.253. The number of aromatic nitrogens is 3. The topological polar surface area (TPSA) is 74.5 Å². The first-order valence-corrected chi connectivity index (χ1v) is 4.29. The fourth-order valence-corrected chi connectivity index (χ4v) is 1.07. The summed E-state index contributed by atoms with van der Waals surface area (Å²) < 4.78 is 0. The molecule has 0 aliphatic rings. The van der Waals surface area contributed by atoms with Crippen LogP contribution in [0.1, 0.15) is 5.69 Å². The van der Waals surface area contributed by atoms with Gasteiger partial charge in [-0.25, -0.2) is 15.0 Å². The molecule has 15 heavy (non-hydrogen) atoms. The predicted molar refractivity (Wildman–Crippen MR) is 54.3 cm³/mol. The molecule has 0 atom stereocenters. The number of nitriles is 1. The SMILES string of the molecule is N#Cc1nccnc1Nc1ccccn1. The van der Waals surface area contributed by atoms with E-state index in [4.69, 9.17) is 5.26 Å². The molecule has 5 heteroatoms. The highest BCUT2D eigenvalue weighted by molar-refractivity contribution is 5.56. The molecule has 5 nitrogen and oxygen atoms in total. The van der Waals surface area contributed by atoms with Crippen molar-refractivity contribution in [2.45, 2.75) is 0 Å². The van der Waals surface area contributed by atoms with Crippen LogP contribution in [0, 0.1) is 11.3 Å². The summed E-state index contributed by atoms with van der Waals surface area (Å²) in [4.78, 5) is 11.9. The third kappa shape index (κ3) is 2.06. The van der Waals surface area contributed by atoms with E-state index >= 15 is 0 Å². The lowest BCUT2D eigenvalue weighted by Gasteiger charge is -2.03. The number of nitrogens with zero attached hydrogens (tertiary/aromatic N) is 4. The summed E-state index contributed by atoms with van der Waals surface area (Å²) in [5, 5.41) is 11.7. The lowest BCUT2D eigenvalue weighted by molar-refractivity contribution is 1.15. The second kappa shape index (κ2) is 4.15. The molecule has 2 aromatic heterocycles. The van der Waals surface area contributed by atoms with Gasteiger partial charge in [-0.3, -0.25) is 0 Å². The van der Waals surface area contributed by atoms with Gasteiger partial charge in [0.25, 0.3) is 0 Å². The number of hydrogen-bond acceptors (Lipinski definition) is 5. The molecule has 0 fully saturated rings. The van der Waals surface area contributed by atoms with E-state index in [1.807, 2.05) is 18.2 Å². The van der Waals surface area contributed by atoms with Gasteiger partial charge in [0.15, 0.2) is 11.5 Å². The van der Waals surface area contributed by atoms with Crippen LogP contribution >= 0.6 is 0 Å². The number of anilines is 2. The summed E-state index contributed by atoms with van der Waals surface area (Å²) in [7, 11) is 0. The maximum Gasteiger partial charge on any atom is 0.183 e. The minimum Gasteiger partial charge on any atom is -0.323 e. The van der Waals surface area contributed by atoms with Crippen LogP contribution in [0.25, 0.3) is 0 Å². The normalized spacial score (nSPS) is 9.27. The van der Waals surface area contributed by atoms with Crippen molar-refractivity contribution in [1.29, 1.82) is 5.26 Å². The van der Waals surface area contributed by atoms with E-state index in [0.29, 0.717) is 11.6 Å². The molecule has 2 rings (SSSR count). The molecule has 0 spiro atoms. The Morgan fingerprint density at radius 2 is 1.93 bits per heavy atom. The van der Waals surface area contributed by atoms with Crippen LogP contribution in [0.5, 0.6) is 0 Å². The first-order chi connectivity index (χ1) is 7.40. The van der Waals surface area contributed by atoms with Gasteiger partial charge in [-0.05, 0) is 12.1 Å². The Morgan fingerprint density at radius 1 is 1.07 bits per heavy atom. The van der Waals surface area contributed by atoms with Crippen molar-refractivity contribution in [2.75, 3.05) is 5.32 Å². The summed E-state index contributed by atoms with van der Waals surface area (Å²) in [5.74, 6) is 1.05. The van der Waals surface area contributed by atoms with Gasteiger partial charge in [-0.15, -0.1) is 0 Å². The zero-order valence-electron chi connectivity index (χ0n) is 7.75. The van der Waals surface area contributed by atoms with E-state index in [0.717, 1.165) is 0 Å². The van der Waals surface area contributed by atoms with Gasteiger partial charge in [0.05, 0.1) is 0 Å². The van der Waals surface area contributed by atoms with E-state index in [-0.39, 0.29) is 5.69 Å². The van der Waals surface area contributed by atoms with Crippen molar-refractivity contribution >= 4 is 11.6 Å². The molecular formula is C10H7N5. The molecule has 0 radical (unpaired) electrons. The average Bonchev–Trinajstić information content (AvgIpc) is 2.31. The molecule has 0 saturated carbocycles. The van der Waals surface area contributed by atoms with Crippen LogP contribution < -0.4 is 5.32 Å². The number of hydrogen-bond donors (Lipinski definition) is 1. The second-order valence-corrected chi connectivity index (χ2v) is 2.71. The van der Waals surface area contributed by atoms with Crippen LogP contribution in [0.4, 0.5) is 11.6 Å². The molecular weight excluding hydrogens is 190 g/mol. The first kappa shape index (κ1) is 9.09. The predicted octanol–water partition coefficient (Wildman–Crippen LogP) is 1.49. The molecule has 1 N–H and O–H groups in total. The number of rotatable bonds is 2. The Bertz CT molecular complexity index is 489. The molecule has 0 amide bonds. The maximum atomic E-state index is 8.78. The maximum absolute atomic E-state index is 8.78. The fraction of sp³-hybridized carbons (Fsp3) is 0. The average molecular weight is 197 g/mol. The number of nitrogens with one attached hydrogen (secondary N) is 1.